The van der Waals surface area contributed by atoms with Crippen molar-refractivity contribution in [2.75, 3.05) is 6.61 Å². The van der Waals surface area contributed by atoms with E-state index in [-0.39, 0.29) is 13.0 Å². The predicted octanol–water partition coefficient (Wildman–Crippen LogP) is -1.55. The Bertz CT molecular complexity index is 95.0. The van der Waals surface area contributed by atoms with Crippen LogP contribution < -0.4 is 0 Å². The van der Waals surface area contributed by atoms with Crippen LogP contribution in [-0.2, 0) is 4.74 Å². The third-order valence-corrected chi connectivity index (χ3v) is 1.38. The van der Waals surface area contributed by atoms with Crippen LogP contribution in [0.4, 0.5) is 0 Å². The molecule has 0 saturated carbocycles. The van der Waals surface area contributed by atoms with Crippen LogP contribution in [0.3, 0.4) is 0 Å². The molecule has 0 aliphatic carbocycles. The van der Waals surface area contributed by atoms with Gasteiger partial charge in [0.15, 0.2) is 6.29 Å². The largest absolute Gasteiger partial charge is 0.394 e. The Morgan fingerprint density at radius 1 is 1.44 bits per heavy atom. The van der Waals surface area contributed by atoms with E-state index in [0.717, 1.165) is 0 Å². The summed E-state index contributed by atoms with van der Waals surface area (Å²) < 4.78 is 4.68. The molecule has 1 unspecified atom stereocenters. The second-order valence-corrected chi connectivity index (χ2v) is 2.11. The van der Waals surface area contributed by atoms with Gasteiger partial charge in [0.05, 0.1) is 12.7 Å². The highest BCUT2D eigenvalue weighted by atomic mass is 16.6. The summed E-state index contributed by atoms with van der Waals surface area (Å²) in [5.41, 5.74) is 0. The maximum Gasteiger partial charge on any atom is 0.157 e. The van der Waals surface area contributed by atoms with Gasteiger partial charge in [0.2, 0.25) is 0 Å². The molecule has 0 aromatic rings. The monoisotopic (exact) mass is 134 g/mol. The summed E-state index contributed by atoms with van der Waals surface area (Å²) >= 11 is 0. The van der Waals surface area contributed by atoms with Crippen molar-refractivity contribution in [1.82, 2.24) is 0 Å². The van der Waals surface area contributed by atoms with E-state index in [1.54, 1.807) is 0 Å². The summed E-state index contributed by atoms with van der Waals surface area (Å²) in [4.78, 5) is 0. The Morgan fingerprint density at radius 3 is 2.33 bits per heavy atom. The third-order valence-electron chi connectivity index (χ3n) is 1.38. The minimum absolute atomic E-state index is 0.200. The molecule has 0 radical (unpaired) electrons. The van der Waals surface area contributed by atoms with Crippen LogP contribution in [0.1, 0.15) is 6.42 Å². The Hall–Kier alpha value is -0.160. The van der Waals surface area contributed by atoms with Gasteiger partial charge in [0, 0.05) is 6.42 Å². The van der Waals surface area contributed by atoms with Gasteiger partial charge in [0.25, 0.3) is 0 Å². The molecule has 3 N–H and O–H groups in total. The maximum absolute atomic E-state index is 8.91. The van der Waals surface area contributed by atoms with Crippen LogP contribution in [0.5, 0.6) is 0 Å². The SMILES string of the molecule is OCC1O[C@@H](O)C[C@H]1O. The maximum atomic E-state index is 8.91. The molecule has 9 heavy (non-hydrogen) atoms. The zero-order chi connectivity index (χ0) is 6.85. The minimum atomic E-state index is -0.905. The van der Waals surface area contributed by atoms with Crippen LogP contribution in [0.15, 0.2) is 0 Å². The number of hydrogen-bond donors (Lipinski definition) is 3. The zero-order valence-electron chi connectivity index (χ0n) is 4.90. The van der Waals surface area contributed by atoms with E-state index in [1.165, 1.54) is 0 Å². The van der Waals surface area contributed by atoms with Gasteiger partial charge < -0.3 is 20.1 Å². The first-order chi connectivity index (χ1) is 4.24. The predicted molar refractivity (Wildman–Crippen MR) is 28.6 cm³/mol. The molecule has 1 heterocycles. The number of aliphatic hydroxyl groups is 3. The normalized spacial score (nSPS) is 43.7. The first kappa shape index (κ1) is 6.95. The van der Waals surface area contributed by atoms with Crippen molar-refractivity contribution < 1.29 is 20.1 Å². The van der Waals surface area contributed by atoms with Gasteiger partial charge >= 0.3 is 0 Å². The molecule has 0 spiro atoms. The van der Waals surface area contributed by atoms with Crippen molar-refractivity contribution in [2.24, 2.45) is 0 Å². The van der Waals surface area contributed by atoms with Gasteiger partial charge in [0.1, 0.15) is 6.10 Å². The number of ether oxygens (including phenoxy) is 1. The summed E-state index contributed by atoms with van der Waals surface area (Å²) in [5.74, 6) is 0. The van der Waals surface area contributed by atoms with Gasteiger partial charge in [-0.25, -0.2) is 0 Å². The molecule has 0 aromatic carbocycles. The highest BCUT2D eigenvalue weighted by Gasteiger charge is 2.31. The lowest BCUT2D eigenvalue weighted by molar-refractivity contribution is -0.107. The van der Waals surface area contributed by atoms with E-state index in [9.17, 15) is 0 Å². The highest BCUT2D eigenvalue weighted by molar-refractivity contribution is 4.75. The minimum Gasteiger partial charge on any atom is -0.394 e. The van der Waals surface area contributed by atoms with Crippen LogP contribution in [0.2, 0.25) is 0 Å². The van der Waals surface area contributed by atoms with Crippen LogP contribution >= 0.6 is 0 Å². The van der Waals surface area contributed by atoms with Gasteiger partial charge in [-0.3, -0.25) is 0 Å². The second kappa shape index (κ2) is 2.62. The summed E-state index contributed by atoms with van der Waals surface area (Å²) in [6.45, 7) is -0.238. The van der Waals surface area contributed by atoms with E-state index >= 15 is 0 Å². The van der Waals surface area contributed by atoms with Crippen molar-refractivity contribution in [3.05, 3.63) is 0 Å². The lowest BCUT2D eigenvalue weighted by Crippen LogP contribution is -2.24. The second-order valence-electron chi connectivity index (χ2n) is 2.11. The lowest BCUT2D eigenvalue weighted by atomic mass is 10.2. The van der Waals surface area contributed by atoms with Crippen LogP contribution in [-0.4, -0.2) is 40.4 Å². The van der Waals surface area contributed by atoms with Gasteiger partial charge in [-0.05, 0) is 0 Å². The molecule has 4 heteroatoms. The fraction of sp³-hybridized carbons (Fsp3) is 1.00. The summed E-state index contributed by atoms with van der Waals surface area (Å²) in [7, 11) is 0. The van der Waals surface area contributed by atoms with E-state index in [0.29, 0.717) is 0 Å². The molecule has 0 aromatic heterocycles. The lowest BCUT2D eigenvalue weighted by Gasteiger charge is -2.08. The molecule has 0 bridgehead atoms. The molecular formula is C5H10O4. The number of aliphatic hydroxyl groups excluding tert-OH is 3. The smallest absolute Gasteiger partial charge is 0.157 e. The molecule has 1 fully saturated rings. The molecule has 1 rings (SSSR count). The van der Waals surface area contributed by atoms with Crippen LogP contribution in [0, 0.1) is 0 Å². The molecule has 4 nitrogen and oxygen atoms in total. The van der Waals surface area contributed by atoms with E-state index in [4.69, 9.17) is 15.3 Å². The standard InChI is InChI=1S/C5H10O4/c6-2-4-3(7)1-5(8)9-4/h3-8H,1-2H2/t3-,4?,5-/m1/s1. The number of hydrogen-bond acceptors (Lipinski definition) is 4. The molecular weight excluding hydrogens is 124 g/mol. The van der Waals surface area contributed by atoms with E-state index < -0.39 is 18.5 Å². The molecule has 1 saturated heterocycles. The first-order valence-electron chi connectivity index (χ1n) is 2.86. The van der Waals surface area contributed by atoms with E-state index in [2.05, 4.69) is 4.74 Å². The van der Waals surface area contributed by atoms with Gasteiger partial charge in [-0.1, -0.05) is 0 Å². The average Bonchev–Trinajstić information content (AvgIpc) is 2.10. The molecule has 0 amide bonds. The topological polar surface area (TPSA) is 69.9 Å². The van der Waals surface area contributed by atoms with Crippen molar-refractivity contribution in [3.8, 4) is 0 Å². The third kappa shape index (κ3) is 1.40. The molecule has 1 aliphatic rings. The fourth-order valence-electron chi connectivity index (χ4n) is 0.871. The Labute approximate surface area is 52.7 Å². The fourth-order valence-corrected chi connectivity index (χ4v) is 0.871. The van der Waals surface area contributed by atoms with Crippen molar-refractivity contribution in [1.29, 1.82) is 0 Å². The Kier molecular flexibility index (Phi) is 2.02. The first-order valence-corrected chi connectivity index (χ1v) is 2.86. The quantitative estimate of drug-likeness (QED) is 0.406. The van der Waals surface area contributed by atoms with Crippen molar-refractivity contribution >= 4 is 0 Å². The average molecular weight is 134 g/mol. The van der Waals surface area contributed by atoms with E-state index in [1.807, 2.05) is 0 Å². The van der Waals surface area contributed by atoms with Gasteiger partial charge in [-0.2, -0.15) is 0 Å². The number of rotatable bonds is 1. The summed E-state index contributed by atoms with van der Waals surface area (Å²) in [5, 5.41) is 26.1. The zero-order valence-corrected chi connectivity index (χ0v) is 4.90. The Balaban J connectivity index is 2.38. The summed E-state index contributed by atoms with van der Waals surface area (Å²) in [6.07, 6.45) is -2.02. The highest BCUT2D eigenvalue weighted by Crippen LogP contribution is 2.17. The summed E-state index contributed by atoms with van der Waals surface area (Å²) in [6, 6.07) is 0. The molecule has 54 valence electrons. The van der Waals surface area contributed by atoms with Crippen molar-refractivity contribution in [2.45, 2.75) is 24.9 Å². The van der Waals surface area contributed by atoms with Crippen LogP contribution in [0.25, 0.3) is 0 Å². The Morgan fingerprint density at radius 2 is 2.11 bits per heavy atom. The molecule has 1 aliphatic heterocycles. The molecule has 3 atom stereocenters. The van der Waals surface area contributed by atoms with Gasteiger partial charge in [-0.15, -0.1) is 0 Å². The van der Waals surface area contributed by atoms with Crippen molar-refractivity contribution in [3.63, 3.8) is 0 Å².